The second kappa shape index (κ2) is 6.43. The van der Waals surface area contributed by atoms with Gasteiger partial charge in [-0.05, 0) is 47.0 Å². The highest BCUT2D eigenvalue weighted by Gasteiger charge is 2.30. The number of rotatable bonds is 3. The minimum atomic E-state index is -0.217. The van der Waals surface area contributed by atoms with Crippen LogP contribution in [0.1, 0.15) is 5.56 Å². The van der Waals surface area contributed by atoms with Crippen LogP contribution in [0.3, 0.4) is 0 Å². The number of nitrogens with zero attached hydrogens (tertiary/aromatic N) is 2. The van der Waals surface area contributed by atoms with Crippen molar-refractivity contribution in [2.75, 3.05) is 13.7 Å². The molecule has 1 aromatic heterocycles. The van der Waals surface area contributed by atoms with Crippen molar-refractivity contribution in [1.29, 1.82) is 0 Å². The van der Waals surface area contributed by atoms with Crippen molar-refractivity contribution in [3.63, 3.8) is 0 Å². The van der Waals surface area contributed by atoms with E-state index in [1.54, 1.807) is 19.5 Å². The van der Waals surface area contributed by atoms with Gasteiger partial charge in [0.25, 0.3) is 0 Å². The predicted molar refractivity (Wildman–Crippen MR) is 103 cm³/mol. The van der Waals surface area contributed by atoms with Gasteiger partial charge in [-0.15, -0.1) is 0 Å². The number of pyridine rings is 1. The second-order valence-electron chi connectivity index (χ2n) is 6.56. The molecule has 0 spiro atoms. The van der Waals surface area contributed by atoms with Crippen LogP contribution in [0.25, 0.3) is 11.1 Å². The van der Waals surface area contributed by atoms with E-state index >= 15 is 0 Å². The fraction of sp³-hybridized carbons (Fsp3) is 0.182. The summed E-state index contributed by atoms with van der Waals surface area (Å²) in [6.07, 6.45) is 4.15. The molecular weight excluding hydrogens is 340 g/mol. The number of hydrogen-bond donors (Lipinski definition) is 0. The quantitative estimate of drug-likeness (QED) is 0.703. The fourth-order valence-corrected chi connectivity index (χ4v) is 3.51. The number of para-hydroxylation sites is 1. The van der Waals surface area contributed by atoms with Gasteiger partial charge >= 0.3 is 0 Å². The molecular formula is C22H18N2O3. The lowest BCUT2D eigenvalue weighted by Crippen LogP contribution is -2.36. The number of hydrogen-bond acceptors (Lipinski definition) is 5. The minimum Gasteiger partial charge on any atom is -0.493 e. The van der Waals surface area contributed by atoms with Crippen LogP contribution in [0.4, 0.5) is 5.69 Å². The number of aliphatic imine (C=N–C) groups is 1. The molecule has 2 aromatic carbocycles. The van der Waals surface area contributed by atoms with E-state index in [9.17, 15) is 0 Å². The molecule has 0 bridgehead atoms. The summed E-state index contributed by atoms with van der Waals surface area (Å²) >= 11 is 0. The SMILES string of the molecule is COc1cccc2c1OC(C1=Nc3cc(-c4ccncc4)ccc3C1)CO2. The normalized spacial score (nSPS) is 17.2. The van der Waals surface area contributed by atoms with E-state index in [-0.39, 0.29) is 6.10 Å². The van der Waals surface area contributed by atoms with Gasteiger partial charge in [0, 0.05) is 18.8 Å². The Morgan fingerprint density at radius 3 is 2.78 bits per heavy atom. The van der Waals surface area contributed by atoms with Crippen molar-refractivity contribution in [3.8, 4) is 28.4 Å². The van der Waals surface area contributed by atoms with Crippen molar-refractivity contribution < 1.29 is 14.2 Å². The molecule has 2 aliphatic heterocycles. The van der Waals surface area contributed by atoms with Gasteiger partial charge in [0.2, 0.25) is 5.75 Å². The third-order valence-corrected chi connectivity index (χ3v) is 4.92. The molecule has 5 rings (SSSR count). The second-order valence-corrected chi connectivity index (χ2v) is 6.56. The Morgan fingerprint density at radius 2 is 1.93 bits per heavy atom. The molecule has 3 aromatic rings. The molecule has 5 heteroatoms. The first-order valence-corrected chi connectivity index (χ1v) is 8.89. The molecule has 0 saturated heterocycles. The molecule has 2 aliphatic rings. The van der Waals surface area contributed by atoms with Crippen molar-refractivity contribution in [2.24, 2.45) is 4.99 Å². The maximum absolute atomic E-state index is 6.19. The Kier molecular flexibility index (Phi) is 3.78. The summed E-state index contributed by atoms with van der Waals surface area (Å²) < 4.78 is 17.5. The molecule has 134 valence electrons. The third kappa shape index (κ3) is 2.81. The van der Waals surface area contributed by atoms with Gasteiger partial charge in [-0.3, -0.25) is 9.98 Å². The van der Waals surface area contributed by atoms with E-state index in [2.05, 4.69) is 23.2 Å². The van der Waals surface area contributed by atoms with Crippen LogP contribution < -0.4 is 14.2 Å². The average Bonchev–Trinajstić information content (AvgIpc) is 3.17. The van der Waals surface area contributed by atoms with E-state index in [1.807, 2.05) is 30.3 Å². The van der Waals surface area contributed by atoms with Crippen LogP contribution in [0.15, 0.2) is 65.9 Å². The highest BCUT2D eigenvalue weighted by atomic mass is 16.6. The minimum absolute atomic E-state index is 0.217. The van der Waals surface area contributed by atoms with Crippen LogP contribution in [0, 0.1) is 0 Å². The zero-order valence-corrected chi connectivity index (χ0v) is 14.9. The molecule has 0 aliphatic carbocycles. The first-order chi connectivity index (χ1) is 13.3. The van der Waals surface area contributed by atoms with Gasteiger partial charge in [-0.1, -0.05) is 18.2 Å². The maximum atomic E-state index is 6.19. The summed E-state index contributed by atoms with van der Waals surface area (Å²) in [5, 5.41) is 0. The lowest BCUT2D eigenvalue weighted by atomic mass is 10.0. The summed E-state index contributed by atoms with van der Waals surface area (Å²) in [4.78, 5) is 8.93. The smallest absolute Gasteiger partial charge is 0.204 e. The summed E-state index contributed by atoms with van der Waals surface area (Å²) in [6, 6.07) is 16.0. The third-order valence-electron chi connectivity index (χ3n) is 4.92. The molecule has 5 nitrogen and oxygen atoms in total. The first kappa shape index (κ1) is 15.9. The summed E-state index contributed by atoms with van der Waals surface area (Å²) in [5.74, 6) is 2.03. The van der Waals surface area contributed by atoms with E-state index in [0.717, 1.165) is 28.9 Å². The fourth-order valence-electron chi connectivity index (χ4n) is 3.51. The molecule has 0 radical (unpaired) electrons. The van der Waals surface area contributed by atoms with E-state index in [1.165, 1.54) is 5.56 Å². The zero-order valence-electron chi connectivity index (χ0n) is 14.9. The average molecular weight is 358 g/mol. The Bertz CT molecular complexity index is 1020. The Balaban J connectivity index is 1.43. The Labute approximate surface area is 157 Å². The maximum Gasteiger partial charge on any atom is 0.204 e. The number of methoxy groups -OCH3 is 1. The Hall–Kier alpha value is -3.34. The van der Waals surface area contributed by atoms with Gasteiger partial charge < -0.3 is 14.2 Å². The summed E-state index contributed by atoms with van der Waals surface area (Å²) in [5.41, 5.74) is 5.45. The van der Waals surface area contributed by atoms with Gasteiger partial charge in [-0.25, -0.2) is 0 Å². The standard InChI is InChI=1S/C22H18N2O3/c1-25-19-3-2-4-20-22(19)27-21(13-26-20)18-12-16-6-5-15(11-17(16)24-18)14-7-9-23-10-8-14/h2-11,21H,12-13H2,1H3. The molecule has 3 heterocycles. The lowest BCUT2D eigenvalue weighted by Gasteiger charge is -2.27. The number of fused-ring (bicyclic) bond motifs is 2. The largest absolute Gasteiger partial charge is 0.493 e. The highest BCUT2D eigenvalue weighted by molar-refractivity contribution is 5.98. The highest BCUT2D eigenvalue weighted by Crippen LogP contribution is 2.41. The molecule has 1 atom stereocenters. The Morgan fingerprint density at radius 1 is 1.04 bits per heavy atom. The predicted octanol–water partition coefficient (Wildman–Crippen LogP) is 4.23. The first-order valence-electron chi connectivity index (χ1n) is 8.89. The van der Waals surface area contributed by atoms with Crippen LogP contribution >= 0.6 is 0 Å². The van der Waals surface area contributed by atoms with E-state index in [0.29, 0.717) is 23.9 Å². The number of ether oxygens (including phenoxy) is 3. The topological polar surface area (TPSA) is 52.9 Å². The van der Waals surface area contributed by atoms with E-state index in [4.69, 9.17) is 19.2 Å². The van der Waals surface area contributed by atoms with Crippen LogP contribution in [0.5, 0.6) is 17.2 Å². The van der Waals surface area contributed by atoms with Crippen molar-refractivity contribution in [2.45, 2.75) is 12.5 Å². The van der Waals surface area contributed by atoms with E-state index < -0.39 is 0 Å². The molecule has 0 N–H and O–H groups in total. The van der Waals surface area contributed by atoms with Crippen molar-refractivity contribution in [1.82, 2.24) is 4.98 Å². The number of aromatic nitrogens is 1. The molecule has 1 unspecified atom stereocenters. The molecule has 0 saturated carbocycles. The molecule has 0 amide bonds. The van der Waals surface area contributed by atoms with Crippen LogP contribution in [-0.2, 0) is 6.42 Å². The molecule has 0 fully saturated rings. The number of benzene rings is 2. The zero-order chi connectivity index (χ0) is 18.2. The summed E-state index contributed by atoms with van der Waals surface area (Å²) in [7, 11) is 1.63. The van der Waals surface area contributed by atoms with Gasteiger partial charge in [0.05, 0.1) is 18.5 Å². The van der Waals surface area contributed by atoms with Crippen LogP contribution in [-0.4, -0.2) is 30.5 Å². The lowest BCUT2D eigenvalue weighted by molar-refractivity contribution is 0.129. The van der Waals surface area contributed by atoms with Gasteiger partial charge in [0.1, 0.15) is 6.61 Å². The van der Waals surface area contributed by atoms with Crippen LogP contribution in [0.2, 0.25) is 0 Å². The molecule has 27 heavy (non-hydrogen) atoms. The monoisotopic (exact) mass is 358 g/mol. The van der Waals surface area contributed by atoms with Gasteiger partial charge in [0.15, 0.2) is 17.6 Å². The van der Waals surface area contributed by atoms with Gasteiger partial charge in [-0.2, -0.15) is 0 Å². The van der Waals surface area contributed by atoms with Crippen molar-refractivity contribution >= 4 is 11.4 Å². The summed E-state index contributed by atoms with van der Waals surface area (Å²) in [6.45, 7) is 0.449. The van der Waals surface area contributed by atoms with Crippen molar-refractivity contribution in [3.05, 3.63) is 66.5 Å².